The van der Waals surface area contributed by atoms with Gasteiger partial charge in [-0.25, -0.2) is 4.79 Å². The fourth-order valence-electron chi connectivity index (χ4n) is 4.52. The molecular formula is C20H21NO3. The van der Waals surface area contributed by atoms with E-state index in [1.807, 2.05) is 42.5 Å². The first kappa shape index (κ1) is 15.2. The van der Waals surface area contributed by atoms with Crippen LogP contribution in [0, 0.1) is 5.92 Å². The molecule has 1 aliphatic heterocycles. The number of carboxylic acids is 1. The molecule has 1 aliphatic carbocycles. The third-order valence-electron chi connectivity index (χ3n) is 5.63. The van der Waals surface area contributed by atoms with Crippen molar-refractivity contribution >= 4 is 22.6 Å². The van der Waals surface area contributed by atoms with E-state index in [2.05, 4.69) is 0 Å². The molecule has 4 rings (SSSR count). The number of aliphatic carboxylic acids is 1. The van der Waals surface area contributed by atoms with Gasteiger partial charge in [0.25, 0.3) is 5.91 Å². The first-order chi connectivity index (χ1) is 11.7. The molecule has 2 aliphatic rings. The summed E-state index contributed by atoms with van der Waals surface area (Å²) >= 11 is 0. The molecule has 124 valence electrons. The minimum absolute atomic E-state index is 0.0753. The van der Waals surface area contributed by atoms with Crippen LogP contribution in [0.4, 0.5) is 0 Å². The fraction of sp³-hybridized carbons (Fsp3) is 0.400. The van der Waals surface area contributed by atoms with E-state index in [1.165, 1.54) is 0 Å². The van der Waals surface area contributed by atoms with Crippen molar-refractivity contribution in [1.29, 1.82) is 0 Å². The SMILES string of the molecule is O=C(O)C1CC2CCCCC2N1C(=O)c1cccc2ccccc12. The maximum Gasteiger partial charge on any atom is 0.326 e. The second-order valence-corrected chi connectivity index (χ2v) is 6.94. The summed E-state index contributed by atoms with van der Waals surface area (Å²) in [6.45, 7) is 0. The maximum absolute atomic E-state index is 13.3. The summed E-state index contributed by atoms with van der Waals surface area (Å²) < 4.78 is 0. The van der Waals surface area contributed by atoms with E-state index in [1.54, 1.807) is 4.90 Å². The number of amides is 1. The van der Waals surface area contributed by atoms with E-state index >= 15 is 0 Å². The van der Waals surface area contributed by atoms with Crippen LogP contribution in [0.15, 0.2) is 42.5 Å². The van der Waals surface area contributed by atoms with Crippen LogP contribution in [0.3, 0.4) is 0 Å². The predicted octanol–water partition coefficient (Wildman–Crippen LogP) is 3.70. The van der Waals surface area contributed by atoms with Crippen molar-refractivity contribution < 1.29 is 14.7 Å². The zero-order chi connectivity index (χ0) is 16.7. The Labute approximate surface area is 141 Å². The number of carboxylic acid groups (broad SMARTS) is 1. The first-order valence-corrected chi connectivity index (χ1v) is 8.70. The standard InChI is InChI=1S/C20H21NO3/c22-19(16-10-5-8-13-6-1-3-9-15(13)16)21-17-11-4-2-7-14(17)12-18(21)20(23)24/h1,3,5-6,8-10,14,17-18H,2,4,7,11-12H2,(H,23,24). The molecule has 2 fully saturated rings. The molecule has 4 nitrogen and oxygen atoms in total. The second kappa shape index (κ2) is 5.93. The van der Waals surface area contributed by atoms with Gasteiger partial charge in [-0.15, -0.1) is 0 Å². The maximum atomic E-state index is 13.3. The van der Waals surface area contributed by atoms with Gasteiger partial charge in [0.15, 0.2) is 0 Å². The number of rotatable bonds is 2. The predicted molar refractivity (Wildman–Crippen MR) is 91.9 cm³/mol. The summed E-state index contributed by atoms with van der Waals surface area (Å²) in [5.41, 5.74) is 0.616. The van der Waals surface area contributed by atoms with Gasteiger partial charge in [-0.05, 0) is 42.0 Å². The van der Waals surface area contributed by atoms with Gasteiger partial charge in [0, 0.05) is 11.6 Å². The number of nitrogens with zero attached hydrogens (tertiary/aromatic N) is 1. The highest BCUT2D eigenvalue weighted by Crippen LogP contribution is 2.41. The van der Waals surface area contributed by atoms with E-state index in [9.17, 15) is 14.7 Å². The largest absolute Gasteiger partial charge is 0.480 e. The summed E-state index contributed by atoms with van der Waals surface area (Å²) in [5, 5.41) is 11.6. The van der Waals surface area contributed by atoms with Gasteiger partial charge >= 0.3 is 5.97 Å². The topological polar surface area (TPSA) is 57.6 Å². The summed E-state index contributed by atoms with van der Waals surface area (Å²) in [6.07, 6.45) is 4.77. The molecule has 24 heavy (non-hydrogen) atoms. The minimum atomic E-state index is -0.877. The van der Waals surface area contributed by atoms with Crippen LogP contribution in [-0.2, 0) is 4.79 Å². The lowest BCUT2D eigenvalue weighted by Gasteiger charge is -2.33. The zero-order valence-corrected chi connectivity index (χ0v) is 13.5. The normalized spacial score (nSPS) is 26.3. The number of hydrogen-bond donors (Lipinski definition) is 1. The highest BCUT2D eigenvalue weighted by Gasteiger charge is 2.47. The Morgan fingerprint density at radius 1 is 1.00 bits per heavy atom. The van der Waals surface area contributed by atoms with Gasteiger partial charge in [-0.3, -0.25) is 4.79 Å². The molecule has 0 bridgehead atoms. The quantitative estimate of drug-likeness (QED) is 0.917. The number of carbonyl (C=O) groups is 2. The number of fused-ring (bicyclic) bond motifs is 2. The molecule has 1 saturated heterocycles. The minimum Gasteiger partial charge on any atom is -0.480 e. The summed E-state index contributed by atoms with van der Waals surface area (Å²) in [5.74, 6) is -0.676. The average molecular weight is 323 g/mol. The molecule has 1 N–H and O–H groups in total. The van der Waals surface area contributed by atoms with Crippen molar-refractivity contribution in [3.63, 3.8) is 0 Å². The number of likely N-dealkylation sites (tertiary alicyclic amines) is 1. The van der Waals surface area contributed by atoms with Crippen molar-refractivity contribution in [3.05, 3.63) is 48.0 Å². The van der Waals surface area contributed by atoms with Crippen molar-refractivity contribution in [3.8, 4) is 0 Å². The van der Waals surface area contributed by atoms with Crippen molar-refractivity contribution in [2.45, 2.75) is 44.2 Å². The first-order valence-electron chi connectivity index (χ1n) is 8.70. The van der Waals surface area contributed by atoms with E-state index < -0.39 is 12.0 Å². The number of carbonyl (C=O) groups excluding carboxylic acids is 1. The van der Waals surface area contributed by atoms with Crippen molar-refractivity contribution in [1.82, 2.24) is 4.90 Å². The molecule has 0 radical (unpaired) electrons. The highest BCUT2D eigenvalue weighted by atomic mass is 16.4. The Kier molecular flexibility index (Phi) is 3.75. The van der Waals surface area contributed by atoms with Crippen LogP contribution in [0.1, 0.15) is 42.5 Å². The van der Waals surface area contributed by atoms with E-state index in [0.717, 1.165) is 36.5 Å². The van der Waals surface area contributed by atoms with Gasteiger partial charge in [0.05, 0.1) is 0 Å². The molecule has 4 heteroatoms. The van der Waals surface area contributed by atoms with Crippen LogP contribution in [0.25, 0.3) is 10.8 Å². The Balaban J connectivity index is 1.77. The van der Waals surface area contributed by atoms with Gasteiger partial charge < -0.3 is 10.0 Å². The van der Waals surface area contributed by atoms with E-state index in [-0.39, 0.29) is 11.9 Å². The lowest BCUT2D eigenvalue weighted by molar-refractivity contribution is -0.141. The molecular weight excluding hydrogens is 302 g/mol. The fourth-order valence-corrected chi connectivity index (χ4v) is 4.52. The Morgan fingerprint density at radius 3 is 2.58 bits per heavy atom. The van der Waals surface area contributed by atoms with Crippen molar-refractivity contribution in [2.75, 3.05) is 0 Å². The molecule has 2 aromatic carbocycles. The van der Waals surface area contributed by atoms with Crippen LogP contribution in [0.2, 0.25) is 0 Å². The summed E-state index contributed by atoms with van der Waals surface area (Å²) in [4.78, 5) is 26.7. The highest BCUT2D eigenvalue weighted by molar-refractivity contribution is 6.08. The van der Waals surface area contributed by atoms with Gasteiger partial charge in [0.2, 0.25) is 0 Å². The van der Waals surface area contributed by atoms with E-state index in [0.29, 0.717) is 17.9 Å². The lowest BCUT2D eigenvalue weighted by atomic mass is 9.84. The second-order valence-electron chi connectivity index (χ2n) is 6.94. The lowest BCUT2D eigenvalue weighted by Crippen LogP contribution is -2.46. The van der Waals surface area contributed by atoms with Crippen LogP contribution in [0.5, 0.6) is 0 Å². The Hall–Kier alpha value is -2.36. The Bertz CT molecular complexity index is 795. The van der Waals surface area contributed by atoms with Gasteiger partial charge in [-0.1, -0.05) is 49.2 Å². The molecule has 0 spiro atoms. The third-order valence-corrected chi connectivity index (χ3v) is 5.63. The molecule has 1 heterocycles. The molecule has 2 aromatic rings. The van der Waals surface area contributed by atoms with Crippen molar-refractivity contribution in [2.24, 2.45) is 5.92 Å². The molecule has 1 amide bonds. The third kappa shape index (κ3) is 2.37. The zero-order valence-electron chi connectivity index (χ0n) is 13.5. The van der Waals surface area contributed by atoms with Crippen LogP contribution in [-0.4, -0.2) is 34.0 Å². The summed E-state index contributed by atoms with van der Waals surface area (Å²) in [6, 6.07) is 12.8. The molecule has 3 unspecified atom stereocenters. The molecule has 0 aromatic heterocycles. The number of hydrogen-bond acceptors (Lipinski definition) is 2. The smallest absolute Gasteiger partial charge is 0.326 e. The molecule has 3 atom stereocenters. The monoisotopic (exact) mass is 323 g/mol. The average Bonchev–Trinajstić information content (AvgIpc) is 3.00. The van der Waals surface area contributed by atoms with Crippen LogP contribution < -0.4 is 0 Å². The summed E-state index contributed by atoms with van der Waals surface area (Å²) in [7, 11) is 0. The Morgan fingerprint density at radius 2 is 1.75 bits per heavy atom. The molecule has 1 saturated carbocycles. The van der Waals surface area contributed by atoms with Crippen LogP contribution >= 0.6 is 0 Å². The number of benzene rings is 2. The van der Waals surface area contributed by atoms with Gasteiger partial charge in [0.1, 0.15) is 6.04 Å². The van der Waals surface area contributed by atoms with E-state index in [4.69, 9.17) is 0 Å². The van der Waals surface area contributed by atoms with Gasteiger partial charge in [-0.2, -0.15) is 0 Å².